The van der Waals surface area contributed by atoms with E-state index < -0.39 is 9.29 Å². The molecule has 3 aromatic carbocycles. The molecule has 0 aliphatic heterocycles. The Balaban J connectivity index is 1.56. The van der Waals surface area contributed by atoms with Gasteiger partial charge in [-0.2, -0.15) is 0 Å². The van der Waals surface area contributed by atoms with E-state index in [0.717, 1.165) is 11.4 Å². The summed E-state index contributed by atoms with van der Waals surface area (Å²) in [6.07, 6.45) is 1.14. The monoisotopic (exact) mass is 658 g/mol. The number of rotatable bonds is 22. The van der Waals surface area contributed by atoms with Crippen molar-refractivity contribution in [1.82, 2.24) is 0 Å². The van der Waals surface area contributed by atoms with Gasteiger partial charge in [0, 0.05) is 54.2 Å². The molecule has 260 valence electrons. The van der Waals surface area contributed by atoms with Crippen LogP contribution in [-0.4, -0.2) is 119 Å². The first-order chi connectivity index (χ1) is 22.5. The second-order valence-electron chi connectivity index (χ2n) is 11.6. The van der Waals surface area contributed by atoms with Gasteiger partial charge in [-0.3, -0.25) is 0 Å². The third kappa shape index (κ3) is 11.7. The number of hydroxylamine groups is 6. The van der Waals surface area contributed by atoms with Gasteiger partial charge in [0.2, 0.25) is 0 Å². The number of aromatic hydroxyl groups is 2. The molecule has 14 heteroatoms. The quantitative estimate of drug-likeness (QED) is 0.0248. The Labute approximate surface area is 275 Å². The molecule has 0 amide bonds. The molecule has 0 aromatic heterocycles. The minimum absolute atomic E-state index is 0.0538. The number of aliphatic hydroxyl groups is 4. The molecule has 0 spiro atoms. The minimum atomic E-state index is -0.628. The van der Waals surface area contributed by atoms with Crippen LogP contribution in [0.3, 0.4) is 0 Å². The van der Waals surface area contributed by atoms with E-state index in [1.165, 1.54) is 0 Å². The maximum Gasteiger partial charge on any atom is 0.145 e. The van der Waals surface area contributed by atoms with Gasteiger partial charge in [-0.05, 0) is 61.5 Å². The molecule has 0 unspecified atom stereocenters. The van der Waals surface area contributed by atoms with Crippen molar-refractivity contribution in [3.63, 3.8) is 0 Å². The molecule has 0 aliphatic rings. The molecule has 0 saturated heterocycles. The average molecular weight is 659 g/mol. The van der Waals surface area contributed by atoms with Crippen LogP contribution in [-0.2, 0) is 0 Å². The molecule has 0 heterocycles. The second kappa shape index (κ2) is 18.5. The summed E-state index contributed by atoms with van der Waals surface area (Å²) in [5.41, 5.74) is 4.20. The summed E-state index contributed by atoms with van der Waals surface area (Å²) in [7, 11) is 0. The fraction of sp³-hybridized carbons (Fsp3) is 0.455. The molecule has 0 radical (unpaired) electrons. The van der Waals surface area contributed by atoms with Crippen LogP contribution in [0, 0.1) is 17.3 Å². The highest BCUT2D eigenvalue weighted by Crippen LogP contribution is 2.42. The lowest BCUT2D eigenvalue weighted by Gasteiger charge is -2.42. The summed E-state index contributed by atoms with van der Waals surface area (Å²) in [4.78, 5) is 0. The Bertz CT molecular complexity index is 1250. The summed E-state index contributed by atoms with van der Waals surface area (Å²) < 4.78 is -1.26. The molecule has 0 fully saturated rings. The maximum absolute atomic E-state index is 12.6. The van der Waals surface area contributed by atoms with E-state index in [0.29, 0.717) is 54.2 Å². The molecule has 3 rings (SSSR count). The molecule has 47 heavy (non-hydrogen) atoms. The summed E-state index contributed by atoms with van der Waals surface area (Å²) in [5, 5.41) is 96.1. The smallest absolute Gasteiger partial charge is 0.145 e. The minimum Gasteiger partial charge on any atom is -0.633 e. The Morgan fingerprint density at radius 3 is 1.17 bits per heavy atom. The van der Waals surface area contributed by atoms with Crippen LogP contribution in [0.25, 0.3) is 0 Å². The van der Waals surface area contributed by atoms with Crippen molar-refractivity contribution in [2.75, 3.05) is 100 Å². The van der Waals surface area contributed by atoms with Crippen molar-refractivity contribution in [2.24, 2.45) is 0 Å². The SMILES string of the molecule is Cc1c(O)c(Nc2ccc(NCCC[N+]([O-])(CCO)CCO)cc2)cc(Nc2ccc(NCCC[N+]([O-])(CCO)CCO)cc2)c1O. The first kappa shape index (κ1) is 37.6. The Morgan fingerprint density at radius 2 is 0.851 bits per heavy atom. The number of anilines is 6. The largest absolute Gasteiger partial charge is 0.633 e. The number of nitrogens with zero attached hydrogens (tertiary/aromatic N) is 2. The molecule has 0 bridgehead atoms. The van der Waals surface area contributed by atoms with Gasteiger partial charge in [-0.1, -0.05) is 0 Å². The maximum atomic E-state index is 12.6. The van der Waals surface area contributed by atoms with Gasteiger partial charge < -0.3 is 71.6 Å². The fourth-order valence-electron chi connectivity index (χ4n) is 5.24. The normalized spacial score (nSPS) is 11.8. The van der Waals surface area contributed by atoms with E-state index in [4.69, 9.17) is 20.4 Å². The molecular weight excluding hydrogens is 608 g/mol. The predicted octanol–water partition coefficient (Wildman–Crippen LogP) is 3.10. The van der Waals surface area contributed by atoms with Gasteiger partial charge in [0.1, 0.15) is 37.7 Å². The highest BCUT2D eigenvalue weighted by molar-refractivity contribution is 5.80. The van der Waals surface area contributed by atoms with Crippen LogP contribution >= 0.6 is 0 Å². The van der Waals surface area contributed by atoms with E-state index in [-0.39, 0.29) is 77.2 Å². The topological polar surface area (TPSA) is 216 Å². The van der Waals surface area contributed by atoms with Crippen molar-refractivity contribution in [3.05, 3.63) is 70.6 Å². The molecule has 10 N–H and O–H groups in total. The lowest BCUT2D eigenvalue weighted by atomic mass is 10.1. The molecule has 14 nitrogen and oxygen atoms in total. The molecule has 3 aromatic rings. The van der Waals surface area contributed by atoms with E-state index >= 15 is 0 Å². The molecule has 0 aliphatic carbocycles. The second-order valence-corrected chi connectivity index (χ2v) is 11.6. The summed E-state index contributed by atoms with van der Waals surface area (Å²) in [6.45, 7) is 2.61. The highest BCUT2D eigenvalue weighted by atomic mass is 16.6. The molecular formula is C33H50N6O8. The summed E-state index contributed by atoms with van der Waals surface area (Å²) in [6, 6.07) is 16.4. The first-order valence-corrected chi connectivity index (χ1v) is 15.9. The lowest BCUT2D eigenvalue weighted by molar-refractivity contribution is -0.881. The van der Waals surface area contributed by atoms with Gasteiger partial charge in [-0.15, -0.1) is 0 Å². The summed E-state index contributed by atoms with van der Waals surface area (Å²) >= 11 is 0. The van der Waals surface area contributed by atoms with Gasteiger partial charge >= 0.3 is 0 Å². The van der Waals surface area contributed by atoms with Gasteiger partial charge in [0.25, 0.3) is 0 Å². The van der Waals surface area contributed by atoms with E-state index in [2.05, 4.69) is 21.3 Å². The highest BCUT2D eigenvalue weighted by Gasteiger charge is 2.17. The van der Waals surface area contributed by atoms with Gasteiger partial charge in [-0.25, -0.2) is 0 Å². The van der Waals surface area contributed by atoms with E-state index in [1.54, 1.807) is 13.0 Å². The number of hydrogen-bond donors (Lipinski definition) is 10. The lowest BCUT2D eigenvalue weighted by Crippen LogP contribution is -2.47. The van der Waals surface area contributed by atoms with Crippen LogP contribution < -0.4 is 21.3 Å². The number of aliphatic hydroxyl groups excluding tert-OH is 4. The predicted molar refractivity (Wildman–Crippen MR) is 185 cm³/mol. The van der Waals surface area contributed by atoms with Crippen molar-refractivity contribution < 1.29 is 39.9 Å². The third-order valence-electron chi connectivity index (χ3n) is 8.01. The zero-order chi connectivity index (χ0) is 34.3. The zero-order valence-electron chi connectivity index (χ0n) is 27.0. The van der Waals surface area contributed by atoms with Crippen molar-refractivity contribution in [2.45, 2.75) is 19.8 Å². The van der Waals surface area contributed by atoms with Crippen LogP contribution in [0.5, 0.6) is 11.5 Å². The van der Waals surface area contributed by atoms with Gasteiger partial charge in [0.15, 0.2) is 0 Å². The Morgan fingerprint density at radius 1 is 0.532 bits per heavy atom. The summed E-state index contributed by atoms with van der Waals surface area (Å²) in [5.74, 6) is -0.169. The van der Waals surface area contributed by atoms with Crippen LogP contribution in [0.4, 0.5) is 34.1 Å². The van der Waals surface area contributed by atoms with Gasteiger partial charge in [0.05, 0.1) is 50.9 Å². The third-order valence-corrected chi connectivity index (χ3v) is 8.01. The Kier molecular flexibility index (Phi) is 14.8. The van der Waals surface area contributed by atoms with Crippen LogP contribution in [0.2, 0.25) is 0 Å². The fourth-order valence-corrected chi connectivity index (χ4v) is 5.24. The van der Waals surface area contributed by atoms with Crippen molar-refractivity contribution in [3.8, 4) is 11.5 Å². The number of quaternary nitrogens is 2. The van der Waals surface area contributed by atoms with Crippen molar-refractivity contribution in [1.29, 1.82) is 0 Å². The number of phenols is 2. The number of phenolic OH excluding ortho intramolecular Hbond substituents is 2. The standard InChI is InChI=1S/C33H50N6O8/c1-25-32(44)30(36-28-8-4-26(5-9-28)34-12-2-14-38(46,16-20-40)17-21-41)24-31(33(25)45)37-29-10-6-27(7-11-29)35-13-3-15-39(47,18-22-42)19-23-43/h4-11,24,34-37,40-45H,2-3,12-23H2,1H3. The van der Waals surface area contributed by atoms with Crippen molar-refractivity contribution >= 4 is 34.1 Å². The first-order valence-electron chi connectivity index (χ1n) is 15.9. The molecule has 0 saturated carbocycles. The Hall–Kier alpha value is -3.86. The van der Waals surface area contributed by atoms with Crippen LogP contribution in [0.1, 0.15) is 18.4 Å². The number of hydrogen-bond acceptors (Lipinski definition) is 12. The molecule has 0 atom stereocenters. The average Bonchev–Trinajstić information content (AvgIpc) is 3.04. The number of nitrogens with one attached hydrogen (secondary N) is 4. The van der Waals surface area contributed by atoms with E-state index in [9.17, 15) is 20.6 Å². The zero-order valence-corrected chi connectivity index (χ0v) is 27.0. The van der Waals surface area contributed by atoms with E-state index in [1.807, 2.05) is 48.5 Å². The van der Waals surface area contributed by atoms with Crippen LogP contribution in [0.15, 0.2) is 54.6 Å². The number of benzene rings is 3.